The van der Waals surface area contributed by atoms with Gasteiger partial charge >= 0.3 is 5.97 Å². The number of nitrogens with zero attached hydrogens (tertiary/aromatic N) is 2. The van der Waals surface area contributed by atoms with Crippen LogP contribution in [-0.4, -0.2) is 34.9 Å². The first-order valence-corrected chi connectivity index (χ1v) is 10.9. The molecule has 4 rings (SSSR count). The van der Waals surface area contributed by atoms with Crippen molar-refractivity contribution in [2.75, 3.05) is 7.11 Å². The van der Waals surface area contributed by atoms with Crippen molar-refractivity contribution in [1.82, 2.24) is 15.3 Å². The van der Waals surface area contributed by atoms with Gasteiger partial charge in [-0.15, -0.1) is 0 Å². The summed E-state index contributed by atoms with van der Waals surface area (Å²) in [5.41, 5.74) is 0.949. The van der Waals surface area contributed by atoms with Crippen LogP contribution in [0.5, 0.6) is 11.6 Å². The molecular weight excluding hydrogens is 474 g/mol. The van der Waals surface area contributed by atoms with Gasteiger partial charge in [-0.1, -0.05) is 12.1 Å². The summed E-state index contributed by atoms with van der Waals surface area (Å²) >= 11 is 3.30. The summed E-state index contributed by atoms with van der Waals surface area (Å²) in [6.45, 7) is 3.64. The van der Waals surface area contributed by atoms with Gasteiger partial charge in [0.25, 0.3) is 0 Å². The third kappa shape index (κ3) is 4.10. The Kier molecular flexibility index (Phi) is 5.97. The predicted octanol–water partition coefficient (Wildman–Crippen LogP) is 4.31. The number of carbonyl (C=O) groups is 2. The van der Waals surface area contributed by atoms with Crippen LogP contribution in [0.3, 0.4) is 0 Å². The Morgan fingerprint density at radius 3 is 2.56 bits per heavy atom. The summed E-state index contributed by atoms with van der Waals surface area (Å²) in [6.07, 6.45) is 5.52. The zero-order valence-corrected chi connectivity index (χ0v) is 19.5. The van der Waals surface area contributed by atoms with Crippen LogP contribution in [0, 0.1) is 5.41 Å². The molecule has 8 heteroatoms. The van der Waals surface area contributed by atoms with Gasteiger partial charge in [0, 0.05) is 30.7 Å². The molecule has 2 aromatic heterocycles. The average Bonchev–Trinajstić information content (AvgIpc) is 2.81. The molecule has 0 radical (unpaired) electrons. The molecule has 1 N–H and O–H groups in total. The maximum Gasteiger partial charge on any atom is 0.328 e. The molecule has 0 unspecified atom stereocenters. The minimum atomic E-state index is -0.664. The Balaban J connectivity index is 1.50. The quantitative estimate of drug-likeness (QED) is 0.488. The van der Waals surface area contributed by atoms with Gasteiger partial charge < -0.3 is 14.8 Å². The second kappa shape index (κ2) is 8.70. The molecule has 0 bridgehead atoms. The number of allylic oxidation sites excluding steroid dienone is 2. The summed E-state index contributed by atoms with van der Waals surface area (Å²) < 4.78 is 11.4. The standard InChI is InChI=1S/C24H22BrN3O4/c1-24(2)20(19(25)21(24)29)28-18(23(30)31-3)12-14-4-6-16(7-5-14)32-22-17-13-26-10-8-15(17)9-11-27-22/h4-11,13,18,28H,12H2,1-3H3/t18-/m0/s1. The summed E-state index contributed by atoms with van der Waals surface area (Å²) in [5, 5.41) is 5.00. The number of carbonyl (C=O) groups excluding carboxylic acids is 2. The molecule has 7 nitrogen and oxygen atoms in total. The first-order chi connectivity index (χ1) is 15.3. The Labute approximate surface area is 194 Å². The number of rotatable bonds is 7. The highest BCUT2D eigenvalue weighted by Crippen LogP contribution is 2.43. The highest BCUT2D eigenvalue weighted by Gasteiger charge is 2.46. The van der Waals surface area contributed by atoms with E-state index in [2.05, 4.69) is 31.2 Å². The number of halogens is 1. The van der Waals surface area contributed by atoms with E-state index in [0.717, 1.165) is 16.3 Å². The van der Waals surface area contributed by atoms with E-state index in [4.69, 9.17) is 9.47 Å². The zero-order chi connectivity index (χ0) is 22.9. The van der Waals surface area contributed by atoms with Crippen molar-refractivity contribution in [2.24, 2.45) is 5.41 Å². The number of esters is 1. The van der Waals surface area contributed by atoms with E-state index in [1.54, 1.807) is 18.6 Å². The molecule has 0 spiro atoms. The minimum Gasteiger partial charge on any atom is -0.467 e. The van der Waals surface area contributed by atoms with Crippen molar-refractivity contribution in [2.45, 2.75) is 26.3 Å². The van der Waals surface area contributed by atoms with Crippen molar-refractivity contribution >= 4 is 38.5 Å². The SMILES string of the molecule is COC(=O)[C@H](Cc1ccc(Oc2nccc3ccncc23)cc1)NC1=C(Br)C(=O)C1(C)C. The molecular formula is C24H22BrN3O4. The maximum atomic E-state index is 12.4. The van der Waals surface area contributed by atoms with E-state index in [9.17, 15) is 9.59 Å². The Morgan fingerprint density at radius 2 is 1.88 bits per heavy atom. The lowest BCUT2D eigenvalue weighted by atomic mass is 9.74. The fourth-order valence-corrected chi connectivity index (χ4v) is 4.68. The number of methoxy groups -OCH3 is 1. The fourth-order valence-electron chi connectivity index (χ4n) is 3.57. The lowest BCUT2D eigenvalue weighted by Gasteiger charge is -2.38. The van der Waals surface area contributed by atoms with Crippen LogP contribution in [0.4, 0.5) is 0 Å². The molecule has 3 aromatic rings. The third-order valence-electron chi connectivity index (χ3n) is 5.52. The van der Waals surface area contributed by atoms with Crippen molar-refractivity contribution in [3.63, 3.8) is 0 Å². The highest BCUT2D eigenvalue weighted by atomic mass is 79.9. The Hall–Kier alpha value is -3.26. The van der Waals surface area contributed by atoms with Gasteiger partial charge in [-0.05, 0) is 65.0 Å². The Bertz CT molecular complexity index is 1220. The average molecular weight is 496 g/mol. The van der Waals surface area contributed by atoms with Gasteiger partial charge in [0.15, 0.2) is 5.78 Å². The van der Waals surface area contributed by atoms with Crippen molar-refractivity contribution in [3.05, 3.63) is 70.7 Å². The monoisotopic (exact) mass is 495 g/mol. The van der Waals surface area contributed by atoms with Crippen molar-refractivity contribution < 1.29 is 19.1 Å². The van der Waals surface area contributed by atoms with Crippen molar-refractivity contribution in [1.29, 1.82) is 0 Å². The van der Waals surface area contributed by atoms with E-state index in [1.165, 1.54) is 7.11 Å². The molecule has 1 aliphatic carbocycles. The molecule has 1 aromatic carbocycles. The van der Waals surface area contributed by atoms with Crippen LogP contribution in [0.2, 0.25) is 0 Å². The van der Waals surface area contributed by atoms with E-state index in [0.29, 0.717) is 28.2 Å². The highest BCUT2D eigenvalue weighted by molar-refractivity contribution is 9.12. The number of hydrogen-bond acceptors (Lipinski definition) is 7. The maximum absolute atomic E-state index is 12.4. The first-order valence-electron chi connectivity index (χ1n) is 10.1. The van der Waals surface area contributed by atoms with E-state index in [-0.39, 0.29) is 5.78 Å². The van der Waals surface area contributed by atoms with Crippen LogP contribution in [0.25, 0.3) is 10.8 Å². The third-order valence-corrected chi connectivity index (χ3v) is 6.28. The molecule has 32 heavy (non-hydrogen) atoms. The second-order valence-corrected chi connectivity index (χ2v) is 8.82. The summed E-state index contributed by atoms with van der Waals surface area (Å²) in [4.78, 5) is 32.9. The molecule has 0 aliphatic heterocycles. The van der Waals surface area contributed by atoms with Crippen LogP contribution >= 0.6 is 15.9 Å². The van der Waals surface area contributed by atoms with E-state index in [1.807, 2.05) is 50.2 Å². The van der Waals surface area contributed by atoms with E-state index < -0.39 is 17.4 Å². The largest absolute Gasteiger partial charge is 0.467 e. The number of benzene rings is 1. The molecule has 0 saturated heterocycles. The van der Waals surface area contributed by atoms with Gasteiger partial charge in [-0.25, -0.2) is 9.78 Å². The van der Waals surface area contributed by atoms with Crippen molar-refractivity contribution in [3.8, 4) is 11.6 Å². The summed E-state index contributed by atoms with van der Waals surface area (Å²) in [7, 11) is 1.35. The van der Waals surface area contributed by atoms with Crippen LogP contribution in [0.15, 0.2) is 65.2 Å². The van der Waals surface area contributed by atoms with Gasteiger partial charge in [-0.3, -0.25) is 9.78 Å². The smallest absolute Gasteiger partial charge is 0.328 e. The predicted molar refractivity (Wildman–Crippen MR) is 123 cm³/mol. The number of aromatic nitrogens is 2. The molecule has 1 atom stereocenters. The molecule has 0 amide bonds. The fraction of sp³-hybridized carbons (Fsp3) is 0.250. The van der Waals surface area contributed by atoms with Gasteiger partial charge in [0.05, 0.1) is 22.4 Å². The number of ketones is 1. The van der Waals surface area contributed by atoms with Crippen LogP contribution < -0.4 is 10.1 Å². The van der Waals surface area contributed by atoms with Gasteiger partial charge in [0.2, 0.25) is 5.88 Å². The topological polar surface area (TPSA) is 90.4 Å². The number of pyridine rings is 2. The molecule has 0 fully saturated rings. The number of ether oxygens (including phenoxy) is 2. The normalized spacial score (nSPS) is 15.8. The number of fused-ring (bicyclic) bond motifs is 1. The van der Waals surface area contributed by atoms with E-state index >= 15 is 0 Å². The van der Waals surface area contributed by atoms with Crippen LogP contribution in [0.1, 0.15) is 19.4 Å². The lowest BCUT2D eigenvalue weighted by molar-refractivity contribution is -0.143. The molecule has 0 saturated carbocycles. The Morgan fingerprint density at radius 1 is 1.16 bits per heavy atom. The number of hydrogen-bond donors (Lipinski definition) is 1. The number of nitrogens with one attached hydrogen (secondary N) is 1. The van der Waals surface area contributed by atoms with Gasteiger partial charge in [0.1, 0.15) is 11.8 Å². The second-order valence-electron chi connectivity index (χ2n) is 8.03. The minimum absolute atomic E-state index is 0.00219. The summed E-state index contributed by atoms with van der Waals surface area (Å²) in [6, 6.07) is 10.6. The van der Waals surface area contributed by atoms with Crippen LogP contribution in [-0.2, 0) is 20.7 Å². The zero-order valence-electron chi connectivity index (χ0n) is 17.9. The molecule has 2 heterocycles. The summed E-state index contributed by atoms with van der Waals surface area (Å²) in [5.74, 6) is 0.700. The lowest BCUT2D eigenvalue weighted by Crippen LogP contribution is -2.50. The first kappa shape index (κ1) is 22.0. The molecule has 164 valence electrons. The van der Waals surface area contributed by atoms with Gasteiger partial charge in [-0.2, -0.15) is 0 Å². The number of Topliss-reactive ketones (excluding diaryl/α,β-unsaturated/α-hetero) is 1. The molecule has 1 aliphatic rings.